The lowest BCUT2D eigenvalue weighted by atomic mass is 9.86. The molecule has 0 amide bonds. The van der Waals surface area contributed by atoms with Crippen LogP contribution in [0, 0.1) is 11.3 Å². The van der Waals surface area contributed by atoms with E-state index >= 15 is 0 Å². The smallest absolute Gasteiger partial charge is 0.144 e. The van der Waals surface area contributed by atoms with Crippen molar-refractivity contribution >= 4 is 5.84 Å². The minimum absolute atomic E-state index is 0.194. The second-order valence-corrected chi connectivity index (χ2v) is 5.79. The third-order valence-corrected chi connectivity index (χ3v) is 3.88. The molecule has 4 nitrogen and oxygen atoms in total. The number of amidine groups is 1. The zero-order valence-corrected chi connectivity index (χ0v) is 11.4. The van der Waals surface area contributed by atoms with Crippen LogP contribution in [0.2, 0.25) is 0 Å². The molecule has 1 fully saturated rings. The summed E-state index contributed by atoms with van der Waals surface area (Å²) in [5.74, 6) is 1.25. The highest BCUT2D eigenvalue weighted by atomic mass is 16.4. The van der Waals surface area contributed by atoms with Crippen molar-refractivity contribution in [2.75, 3.05) is 6.54 Å². The molecular formula is C13H27N3O. The Morgan fingerprint density at radius 2 is 2.18 bits per heavy atom. The van der Waals surface area contributed by atoms with Gasteiger partial charge in [0.05, 0.1) is 0 Å². The molecule has 0 aromatic heterocycles. The number of unbranched alkanes of at least 4 members (excludes halogenated alkanes) is 1. The Morgan fingerprint density at radius 1 is 1.47 bits per heavy atom. The van der Waals surface area contributed by atoms with Crippen molar-refractivity contribution in [2.45, 2.75) is 58.9 Å². The van der Waals surface area contributed by atoms with Crippen molar-refractivity contribution in [2.24, 2.45) is 22.2 Å². The first kappa shape index (κ1) is 14.3. The van der Waals surface area contributed by atoms with Gasteiger partial charge in [-0.1, -0.05) is 38.8 Å². The van der Waals surface area contributed by atoms with E-state index in [1.54, 1.807) is 0 Å². The summed E-state index contributed by atoms with van der Waals surface area (Å²) in [6, 6.07) is 0.775. The van der Waals surface area contributed by atoms with Crippen LogP contribution in [0.5, 0.6) is 0 Å². The van der Waals surface area contributed by atoms with Gasteiger partial charge in [0.1, 0.15) is 5.84 Å². The molecule has 0 aromatic rings. The maximum atomic E-state index is 8.66. The Labute approximate surface area is 105 Å². The minimum Gasteiger partial charge on any atom is -0.409 e. The largest absolute Gasteiger partial charge is 0.409 e. The van der Waals surface area contributed by atoms with Crippen LogP contribution in [0.4, 0.5) is 0 Å². The maximum absolute atomic E-state index is 8.66. The standard InChI is InChI=1S/C13H27N3O/c1-4-10-9-11(10)15-8-6-5-7-13(2,3)12(14)16-17/h10-11,15,17H,4-9H2,1-3H3,(H2,14,16). The van der Waals surface area contributed by atoms with Crippen molar-refractivity contribution in [3.8, 4) is 0 Å². The molecule has 0 radical (unpaired) electrons. The van der Waals surface area contributed by atoms with Crippen molar-refractivity contribution < 1.29 is 5.21 Å². The van der Waals surface area contributed by atoms with E-state index < -0.39 is 0 Å². The van der Waals surface area contributed by atoms with Crippen molar-refractivity contribution in [3.63, 3.8) is 0 Å². The Morgan fingerprint density at radius 3 is 2.71 bits per heavy atom. The van der Waals surface area contributed by atoms with E-state index in [-0.39, 0.29) is 5.41 Å². The van der Waals surface area contributed by atoms with Crippen LogP contribution in [0.15, 0.2) is 5.16 Å². The van der Waals surface area contributed by atoms with Crippen LogP contribution in [0.3, 0.4) is 0 Å². The molecule has 0 bridgehead atoms. The summed E-state index contributed by atoms with van der Waals surface area (Å²) in [4.78, 5) is 0. The van der Waals surface area contributed by atoms with Crippen LogP contribution < -0.4 is 11.1 Å². The topological polar surface area (TPSA) is 70.6 Å². The molecule has 0 heterocycles. The lowest BCUT2D eigenvalue weighted by Gasteiger charge is -2.22. The first-order valence-corrected chi connectivity index (χ1v) is 6.72. The lowest BCUT2D eigenvalue weighted by molar-refractivity contribution is 0.304. The second-order valence-electron chi connectivity index (χ2n) is 5.79. The van der Waals surface area contributed by atoms with E-state index in [2.05, 4.69) is 17.4 Å². The number of oxime groups is 1. The van der Waals surface area contributed by atoms with Gasteiger partial charge >= 0.3 is 0 Å². The van der Waals surface area contributed by atoms with E-state index in [1.807, 2.05) is 13.8 Å². The predicted octanol–water partition coefficient (Wildman–Crippen LogP) is 2.32. The number of rotatable bonds is 8. The van der Waals surface area contributed by atoms with Crippen LogP contribution >= 0.6 is 0 Å². The highest BCUT2D eigenvalue weighted by molar-refractivity contribution is 5.85. The number of nitrogens with zero attached hydrogens (tertiary/aromatic N) is 1. The summed E-state index contributed by atoms with van der Waals surface area (Å²) in [6.07, 6.45) is 5.89. The first-order valence-electron chi connectivity index (χ1n) is 6.72. The highest BCUT2D eigenvalue weighted by Gasteiger charge is 2.34. The number of nitrogens with one attached hydrogen (secondary N) is 1. The summed E-state index contributed by atoms with van der Waals surface area (Å²) in [6.45, 7) is 7.38. The fourth-order valence-corrected chi connectivity index (χ4v) is 2.19. The molecule has 1 rings (SSSR count). The van der Waals surface area contributed by atoms with Gasteiger partial charge < -0.3 is 16.3 Å². The zero-order chi connectivity index (χ0) is 12.9. The number of nitrogens with two attached hydrogens (primary N) is 1. The molecule has 4 heteroatoms. The Balaban J connectivity index is 2.04. The second kappa shape index (κ2) is 6.24. The fourth-order valence-electron chi connectivity index (χ4n) is 2.19. The molecule has 1 aliphatic carbocycles. The predicted molar refractivity (Wildman–Crippen MR) is 71.2 cm³/mol. The molecule has 2 atom stereocenters. The summed E-state index contributed by atoms with van der Waals surface area (Å²) in [7, 11) is 0. The normalized spacial score (nSPS) is 25.0. The van der Waals surface area contributed by atoms with Crippen LogP contribution in [0.25, 0.3) is 0 Å². The average molecular weight is 241 g/mol. The number of hydrogen-bond donors (Lipinski definition) is 3. The molecule has 17 heavy (non-hydrogen) atoms. The van der Waals surface area contributed by atoms with Gasteiger partial charge in [-0.05, 0) is 31.7 Å². The van der Waals surface area contributed by atoms with Crippen molar-refractivity contribution in [1.82, 2.24) is 5.32 Å². The molecule has 0 saturated heterocycles. The first-order chi connectivity index (χ1) is 8.01. The molecule has 2 unspecified atom stereocenters. The lowest BCUT2D eigenvalue weighted by Crippen LogP contribution is -2.32. The molecule has 0 aliphatic heterocycles. The van der Waals surface area contributed by atoms with E-state index in [0.717, 1.165) is 37.8 Å². The van der Waals surface area contributed by atoms with Gasteiger partial charge in [-0.25, -0.2) is 0 Å². The SMILES string of the molecule is CCC1CC1NCCCCC(C)(C)C(N)=NO. The Hall–Kier alpha value is -0.770. The summed E-state index contributed by atoms with van der Waals surface area (Å²) >= 11 is 0. The third kappa shape index (κ3) is 4.54. The molecule has 0 spiro atoms. The molecule has 1 aliphatic rings. The molecule has 100 valence electrons. The Kier molecular flexibility index (Phi) is 5.25. The van der Waals surface area contributed by atoms with Gasteiger partial charge in [0.2, 0.25) is 0 Å². The highest BCUT2D eigenvalue weighted by Crippen LogP contribution is 2.33. The van der Waals surface area contributed by atoms with Gasteiger partial charge in [0.15, 0.2) is 0 Å². The molecular weight excluding hydrogens is 214 g/mol. The van der Waals surface area contributed by atoms with Crippen LogP contribution in [-0.4, -0.2) is 23.6 Å². The fraction of sp³-hybridized carbons (Fsp3) is 0.923. The van der Waals surface area contributed by atoms with E-state index in [1.165, 1.54) is 12.8 Å². The maximum Gasteiger partial charge on any atom is 0.144 e. The van der Waals surface area contributed by atoms with E-state index in [0.29, 0.717) is 5.84 Å². The quantitative estimate of drug-likeness (QED) is 0.201. The third-order valence-electron chi connectivity index (χ3n) is 3.88. The van der Waals surface area contributed by atoms with Crippen LogP contribution in [-0.2, 0) is 0 Å². The summed E-state index contributed by atoms with van der Waals surface area (Å²) in [5, 5.41) is 15.3. The van der Waals surface area contributed by atoms with Crippen molar-refractivity contribution in [1.29, 1.82) is 0 Å². The van der Waals surface area contributed by atoms with Crippen molar-refractivity contribution in [3.05, 3.63) is 0 Å². The van der Waals surface area contributed by atoms with Gasteiger partial charge in [0.25, 0.3) is 0 Å². The Bertz CT molecular complexity index is 263. The van der Waals surface area contributed by atoms with E-state index in [4.69, 9.17) is 10.9 Å². The molecule has 4 N–H and O–H groups in total. The van der Waals surface area contributed by atoms with Gasteiger partial charge in [-0.15, -0.1) is 0 Å². The van der Waals surface area contributed by atoms with Crippen LogP contribution in [0.1, 0.15) is 52.9 Å². The van der Waals surface area contributed by atoms with E-state index in [9.17, 15) is 0 Å². The zero-order valence-electron chi connectivity index (χ0n) is 11.4. The summed E-state index contributed by atoms with van der Waals surface area (Å²) in [5.41, 5.74) is 5.45. The number of hydrogen-bond acceptors (Lipinski definition) is 3. The summed E-state index contributed by atoms with van der Waals surface area (Å²) < 4.78 is 0. The van der Waals surface area contributed by atoms with Gasteiger partial charge in [0, 0.05) is 11.5 Å². The monoisotopic (exact) mass is 241 g/mol. The van der Waals surface area contributed by atoms with Gasteiger partial charge in [-0.3, -0.25) is 0 Å². The van der Waals surface area contributed by atoms with Gasteiger partial charge in [-0.2, -0.15) is 0 Å². The minimum atomic E-state index is -0.194. The molecule has 1 saturated carbocycles. The molecule has 0 aromatic carbocycles. The average Bonchev–Trinajstić information content (AvgIpc) is 3.06.